The van der Waals surface area contributed by atoms with Gasteiger partial charge in [0.25, 0.3) is 0 Å². The van der Waals surface area contributed by atoms with Crippen LogP contribution in [0.4, 0.5) is 0 Å². The molecule has 2 aliphatic rings. The van der Waals surface area contributed by atoms with Gasteiger partial charge in [0, 0.05) is 5.92 Å². The van der Waals surface area contributed by atoms with E-state index in [0.717, 1.165) is 24.8 Å². The molecule has 0 aliphatic heterocycles. The van der Waals surface area contributed by atoms with Crippen molar-refractivity contribution in [1.29, 1.82) is 10.5 Å². The molecule has 1 aromatic rings. The zero-order valence-corrected chi connectivity index (χ0v) is 13.5. The third-order valence-corrected chi connectivity index (χ3v) is 5.04. The lowest BCUT2D eigenvalue weighted by Crippen LogP contribution is -2.31. The first-order valence-corrected chi connectivity index (χ1v) is 8.33. The van der Waals surface area contributed by atoms with Gasteiger partial charge >= 0.3 is 0 Å². The van der Waals surface area contributed by atoms with Crippen molar-refractivity contribution in [3.8, 4) is 23.6 Å². The highest BCUT2D eigenvalue weighted by molar-refractivity contribution is 5.47. The third kappa shape index (κ3) is 3.27. The van der Waals surface area contributed by atoms with Gasteiger partial charge in [-0.3, -0.25) is 0 Å². The third-order valence-electron chi connectivity index (χ3n) is 5.04. The molecule has 23 heavy (non-hydrogen) atoms. The molecule has 1 aromatic carbocycles. The summed E-state index contributed by atoms with van der Waals surface area (Å²) >= 11 is 0. The normalized spacial score (nSPS) is 26.8. The molecule has 3 rings (SSSR count). The molecule has 120 valence electrons. The van der Waals surface area contributed by atoms with E-state index in [4.69, 9.17) is 9.47 Å². The first-order chi connectivity index (χ1) is 11.2. The average Bonchev–Trinajstić information content (AvgIpc) is 3.44. The molecule has 0 spiro atoms. The molecule has 2 aliphatic carbocycles. The van der Waals surface area contributed by atoms with E-state index in [9.17, 15) is 10.5 Å². The van der Waals surface area contributed by atoms with E-state index >= 15 is 0 Å². The fourth-order valence-electron chi connectivity index (χ4n) is 3.39. The number of nitriles is 2. The second kappa shape index (κ2) is 6.50. The van der Waals surface area contributed by atoms with Crippen LogP contribution in [0.3, 0.4) is 0 Å². The number of nitrogens with zero attached hydrogens (tertiary/aromatic N) is 2. The first-order valence-electron chi connectivity index (χ1n) is 8.33. The minimum atomic E-state index is -0.581. The number of rotatable bonds is 5. The van der Waals surface area contributed by atoms with Crippen molar-refractivity contribution in [2.45, 2.75) is 43.9 Å². The molecule has 4 heteroatoms. The molecule has 2 saturated carbocycles. The molecule has 0 amide bonds. The van der Waals surface area contributed by atoms with E-state index in [1.165, 1.54) is 12.8 Å². The van der Waals surface area contributed by atoms with Crippen LogP contribution >= 0.6 is 0 Å². The van der Waals surface area contributed by atoms with Gasteiger partial charge in [0.15, 0.2) is 11.5 Å². The van der Waals surface area contributed by atoms with E-state index in [0.29, 0.717) is 30.4 Å². The zero-order chi connectivity index (χ0) is 16.3. The molecule has 0 radical (unpaired) electrons. The van der Waals surface area contributed by atoms with E-state index < -0.39 is 5.41 Å². The smallest absolute Gasteiger partial charge is 0.161 e. The summed E-state index contributed by atoms with van der Waals surface area (Å²) in [6.45, 7) is 0.709. The standard InChI is InChI=1S/C19H22N2O2/c1-22-17-7-6-16(9-18(17)23-12-14-4-5-14)19(13-21)8-2-3-15(10-19)11-20/h6-7,9,14-15H,2-5,8,10,12H2,1H3/t15-,19+/m1/s1. The highest BCUT2D eigenvalue weighted by atomic mass is 16.5. The van der Waals surface area contributed by atoms with Crippen molar-refractivity contribution in [2.24, 2.45) is 11.8 Å². The van der Waals surface area contributed by atoms with Crippen molar-refractivity contribution < 1.29 is 9.47 Å². The lowest BCUT2D eigenvalue weighted by Gasteiger charge is -2.34. The molecular weight excluding hydrogens is 288 g/mol. The van der Waals surface area contributed by atoms with Crippen LogP contribution in [0, 0.1) is 34.5 Å². The van der Waals surface area contributed by atoms with E-state index in [-0.39, 0.29) is 5.92 Å². The molecule has 0 N–H and O–H groups in total. The Bertz CT molecular complexity index is 654. The van der Waals surface area contributed by atoms with E-state index in [1.807, 2.05) is 18.2 Å². The van der Waals surface area contributed by atoms with Crippen LogP contribution in [0.1, 0.15) is 44.1 Å². The van der Waals surface area contributed by atoms with Gasteiger partial charge in [-0.2, -0.15) is 10.5 Å². The minimum Gasteiger partial charge on any atom is -0.493 e. The quantitative estimate of drug-likeness (QED) is 0.825. The molecular formula is C19H22N2O2. The van der Waals surface area contributed by atoms with Crippen LogP contribution in [0.25, 0.3) is 0 Å². The van der Waals surface area contributed by atoms with Gasteiger partial charge in [-0.25, -0.2) is 0 Å². The molecule has 2 atom stereocenters. The van der Waals surface area contributed by atoms with Gasteiger partial charge in [-0.1, -0.05) is 12.5 Å². The van der Waals surface area contributed by atoms with Crippen molar-refractivity contribution in [2.75, 3.05) is 13.7 Å². The Labute approximate surface area is 137 Å². The number of hydrogen-bond donors (Lipinski definition) is 0. The number of hydrogen-bond acceptors (Lipinski definition) is 4. The average molecular weight is 310 g/mol. The Balaban J connectivity index is 1.89. The lowest BCUT2D eigenvalue weighted by atomic mass is 9.67. The maximum Gasteiger partial charge on any atom is 0.161 e. The second-order valence-electron chi connectivity index (χ2n) is 6.74. The summed E-state index contributed by atoms with van der Waals surface area (Å²) in [6.07, 6.45) is 5.67. The lowest BCUT2D eigenvalue weighted by molar-refractivity contribution is 0.277. The maximum atomic E-state index is 9.82. The fraction of sp³-hybridized carbons (Fsp3) is 0.579. The first kappa shape index (κ1) is 15.7. The van der Waals surface area contributed by atoms with Gasteiger partial charge < -0.3 is 9.47 Å². The minimum absolute atomic E-state index is 0.0404. The van der Waals surface area contributed by atoms with Gasteiger partial charge in [-0.15, -0.1) is 0 Å². The number of methoxy groups -OCH3 is 1. The topological polar surface area (TPSA) is 66.0 Å². The van der Waals surface area contributed by atoms with E-state index in [2.05, 4.69) is 12.1 Å². The number of ether oxygens (including phenoxy) is 2. The summed E-state index contributed by atoms with van der Waals surface area (Å²) < 4.78 is 11.3. The van der Waals surface area contributed by atoms with Gasteiger partial charge in [0.1, 0.15) is 0 Å². The van der Waals surface area contributed by atoms with Gasteiger partial charge in [0.05, 0.1) is 31.3 Å². The van der Waals surface area contributed by atoms with Crippen LogP contribution in [0.15, 0.2) is 18.2 Å². The summed E-state index contributed by atoms with van der Waals surface area (Å²) in [6, 6.07) is 10.6. The van der Waals surface area contributed by atoms with E-state index in [1.54, 1.807) is 7.11 Å². The predicted molar refractivity (Wildman–Crippen MR) is 86.1 cm³/mol. The summed E-state index contributed by atoms with van der Waals surface area (Å²) in [7, 11) is 1.63. The van der Waals surface area contributed by atoms with Gasteiger partial charge in [-0.05, 0) is 55.7 Å². The Morgan fingerprint density at radius 2 is 2.04 bits per heavy atom. The van der Waals surface area contributed by atoms with Crippen molar-refractivity contribution in [1.82, 2.24) is 0 Å². The largest absolute Gasteiger partial charge is 0.493 e. The van der Waals surface area contributed by atoms with Crippen LogP contribution in [0.5, 0.6) is 11.5 Å². The predicted octanol–water partition coefficient (Wildman–Crippen LogP) is 3.96. The molecule has 0 aromatic heterocycles. The molecule has 0 saturated heterocycles. The second-order valence-corrected chi connectivity index (χ2v) is 6.74. The summed E-state index contributed by atoms with van der Waals surface area (Å²) in [5, 5.41) is 19.1. The van der Waals surface area contributed by atoms with Crippen LogP contribution < -0.4 is 9.47 Å². The molecule has 0 heterocycles. The number of benzene rings is 1. The van der Waals surface area contributed by atoms with Gasteiger partial charge in [0.2, 0.25) is 0 Å². The Morgan fingerprint density at radius 3 is 2.70 bits per heavy atom. The van der Waals surface area contributed by atoms with Crippen molar-refractivity contribution in [3.05, 3.63) is 23.8 Å². The Morgan fingerprint density at radius 1 is 1.22 bits per heavy atom. The summed E-state index contributed by atoms with van der Waals surface area (Å²) in [5.74, 6) is 2.04. The van der Waals surface area contributed by atoms with Crippen LogP contribution in [0.2, 0.25) is 0 Å². The summed E-state index contributed by atoms with van der Waals surface area (Å²) in [5.41, 5.74) is 0.370. The SMILES string of the molecule is COc1ccc([C@@]2(C#N)CCC[C@@H](C#N)C2)cc1OCC1CC1. The zero-order valence-electron chi connectivity index (χ0n) is 13.5. The highest BCUT2D eigenvalue weighted by Gasteiger charge is 2.39. The maximum absolute atomic E-state index is 9.82. The molecule has 0 unspecified atom stereocenters. The Kier molecular flexibility index (Phi) is 4.44. The van der Waals surface area contributed by atoms with Crippen molar-refractivity contribution in [3.63, 3.8) is 0 Å². The Hall–Kier alpha value is -2.20. The van der Waals surface area contributed by atoms with Crippen molar-refractivity contribution >= 4 is 0 Å². The summed E-state index contributed by atoms with van der Waals surface area (Å²) in [4.78, 5) is 0. The molecule has 2 fully saturated rings. The highest BCUT2D eigenvalue weighted by Crippen LogP contribution is 2.44. The monoisotopic (exact) mass is 310 g/mol. The molecule has 0 bridgehead atoms. The molecule has 4 nitrogen and oxygen atoms in total. The fourth-order valence-corrected chi connectivity index (χ4v) is 3.39. The van der Waals surface area contributed by atoms with Crippen LogP contribution in [-0.4, -0.2) is 13.7 Å². The van der Waals surface area contributed by atoms with Crippen LogP contribution in [-0.2, 0) is 5.41 Å².